The number of carboxylic acid groups (broad SMARTS) is 1. The zero-order valence-corrected chi connectivity index (χ0v) is 9.42. The molecule has 0 atom stereocenters. The molecule has 0 aliphatic carbocycles. The van der Waals surface area contributed by atoms with Crippen LogP contribution in [0, 0.1) is 0 Å². The van der Waals surface area contributed by atoms with Crippen LogP contribution in [0.2, 0.25) is 0 Å². The van der Waals surface area contributed by atoms with Crippen LogP contribution in [-0.4, -0.2) is 29.2 Å². The van der Waals surface area contributed by atoms with Crippen LogP contribution in [0.15, 0.2) is 35.5 Å². The highest BCUT2D eigenvalue weighted by molar-refractivity contribution is 6.34. The van der Waals surface area contributed by atoms with E-state index in [-0.39, 0.29) is 24.5 Å². The van der Waals surface area contributed by atoms with Crippen molar-refractivity contribution < 1.29 is 19.5 Å². The lowest BCUT2D eigenvalue weighted by atomic mass is 10.1. The first-order valence-corrected chi connectivity index (χ1v) is 5.09. The average Bonchev–Trinajstić information content (AvgIpc) is 2.35. The van der Waals surface area contributed by atoms with E-state index >= 15 is 0 Å². The van der Waals surface area contributed by atoms with E-state index in [1.807, 2.05) is 6.07 Å². The van der Waals surface area contributed by atoms with Gasteiger partial charge in [0.1, 0.15) is 6.61 Å². The summed E-state index contributed by atoms with van der Waals surface area (Å²) >= 11 is 0. The maximum atomic E-state index is 11.6. The highest BCUT2D eigenvalue weighted by Gasteiger charge is 2.05. The molecule has 0 aromatic heterocycles. The molecule has 0 heterocycles. The Balaban J connectivity index is 2.35. The number of benzene rings is 1. The Hall–Kier alpha value is -2.17. The Labute approximate surface area is 98.7 Å². The van der Waals surface area contributed by atoms with Gasteiger partial charge in [0.25, 0.3) is 0 Å². The van der Waals surface area contributed by atoms with Crippen molar-refractivity contribution in [3.05, 3.63) is 35.9 Å². The van der Waals surface area contributed by atoms with E-state index in [1.54, 1.807) is 24.3 Å². The molecule has 17 heavy (non-hydrogen) atoms. The maximum Gasteiger partial charge on any atom is 0.353 e. The summed E-state index contributed by atoms with van der Waals surface area (Å²) in [6, 6.07) is 8.82. The highest BCUT2D eigenvalue weighted by atomic mass is 16.6. The SMILES string of the molecule is CC(=NOCCC(=O)c1ccccc1)C(=O)O. The number of hydrogen-bond donors (Lipinski definition) is 1. The predicted octanol–water partition coefficient (Wildman–Crippen LogP) is 1.74. The summed E-state index contributed by atoms with van der Waals surface area (Å²) in [5.41, 5.74) is 0.465. The quantitative estimate of drug-likeness (QED) is 0.352. The van der Waals surface area contributed by atoms with Crippen LogP contribution in [0.25, 0.3) is 0 Å². The second kappa shape index (κ2) is 6.42. The molecule has 1 rings (SSSR count). The van der Waals surface area contributed by atoms with Crippen molar-refractivity contribution in [1.29, 1.82) is 0 Å². The average molecular weight is 235 g/mol. The van der Waals surface area contributed by atoms with E-state index < -0.39 is 5.97 Å². The smallest absolute Gasteiger partial charge is 0.353 e. The van der Waals surface area contributed by atoms with Gasteiger partial charge in [0, 0.05) is 12.0 Å². The van der Waals surface area contributed by atoms with E-state index in [4.69, 9.17) is 9.94 Å². The number of hydrogen-bond acceptors (Lipinski definition) is 4. The van der Waals surface area contributed by atoms with Crippen molar-refractivity contribution in [2.45, 2.75) is 13.3 Å². The third-order valence-corrected chi connectivity index (χ3v) is 2.03. The molecular formula is C12H13NO4. The summed E-state index contributed by atoms with van der Waals surface area (Å²) in [5, 5.41) is 11.8. The summed E-state index contributed by atoms with van der Waals surface area (Å²) < 4.78 is 0. The summed E-state index contributed by atoms with van der Waals surface area (Å²) in [6.45, 7) is 1.39. The zero-order chi connectivity index (χ0) is 12.7. The molecule has 1 aromatic carbocycles. The third kappa shape index (κ3) is 4.46. The minimum Gasteiger partial charge on any atom is -0.477 e. The van der Waals surface area contributed by atoms with Crippen molar-refractivity contribution >= 4 is 17.5 Å². The van der Waals surface area contributed by atoms with Gasteiger partial charge in [-0.15, -0.1) is 0 Å². The molecule has 5 nitrogen and oxygen atoms in total. The third-order valence-electron chi connectivity index (χ3n) is 2.03. The Bertz CT molecular complexity index is 425. The van der Waals surface area contributed by atoms with Crippen molar-refractivity contribution in [3.8, 4) is 0 Å². The molecule has 0 spiro atoms. The molecule has 0 saturated carbocycles. The maximum absolute atomic E-state index is 11.6. The molecule has 0 aliphatic heterocycles. The van der Waals surface area contributed by atoms with Crippen LogP contribution in [0.5, 0.6) is 0 Å². The van der Waals surface area contributed by atoms with Gasteiger partial charge in [0.05, 0.1) is 0 Å². The Morgan fingerprint density at radius 1 is 1.29 bits per heavy atom. The molecule has 0 amide bonds. The minimum atomic E-state index is -1.14. The molecule has 0 bridgehead atoms. The Kier molecular flexibility index (Phi) is 4.87. The molecule has 0 saturated heterocycles. The molecule has 1 N–H and O–H groups in total. The molecular weight excluding hydrogens is 222 g/mol. The van der Waals surface area contributed by atoms with Crippen LogP contribution >= 0.6 is 0 Å². The normalized spacial score (nSPS) is 11.0. The van der Waals surface area contributed by atoms with E-state index in [0.717, 1.165) is 0 Å². The van der Waals surface area contributed by atoms with Gasteiger partial charge >= 0.3 is 5.97 Å². The number of carbonyl (C=O) groups is 2. The number of Topliss-reactive ketones (excluding diaryl/α,β-unsaturated/α-hetero) is 1. The van der Waals surface area contributed by atoms with Gasteiger partial charge in [-0.2, -0.15) is 0 Å². The van der Waals surface area contributed by atoms with Gasteiger partial charge < -0.3 is 9.94 Å². The number of carbonyl (C=O) groups excluding carboxylic acids is 1. The molecule has 0 fully saturated rings. The molecule has 5 heteroatoms. The number of nitrogens with zero attached hydrogens (tertiary/aromatic N) is 1. The van der Waals surface area contributed by atoms with E-state index in [1.165, 1.54) is 6.92 Å². The summed E-state index contributed by atoms with van der Waals surface area (Å²) in [5.74, 6) is -1.20. The molecule has 0 aliphatic rings. The van der Waals surface area contributed by atoms with E-state index in [0.29, 0.717) is 5.56 Å². The van der Waals surface area contributed by atoms with Gasteiger partial charge in [0.2, 0.25) is 0 Å². The first kappa shape index (κ1) is 12.9. The van der Waals surface area contributed by atoms with Crippen LogP contribution in [0.3, 0.4) is 0 Å². The number of ketones is 1. The van der Waals surface area contributed by atoms with Crippen molar-refractivity contribution in [3.63, 3.8) is 0 Å². The van der Waals surface area contributed by atoms with Gasteiger partial charge in [-0.25, -0.2) is 4.79 Å². The largest absolute Gasteiger partial charge is 0.477 e. The predicted molar refractivity (Wildman–Crippen MR) is 62.1 cm³/mol. The van der Waals surface area contributed by atoms with E-state index in [2.05, 4.69) is 5.16 Å². The second-order valence-corrected chi connectivity index (χ2v) is 3.35. The van der Waals surface area contributed by atoms with Gasteiger partial charge in [-0.3, -0.25) is 4.79 Å². The van der Waals surface area contributed by atoms with Gasteiger partial charge in [0.15, 0.2) is 11.5 Å². The van der Waals surface area contributed by atoms with Crippen molar-refractivity contribution in [1.82, 2.24) is 0 Å². The summed E-state index contributed by atoms with van der Waals surface area (Å²) in [6.07, 6.45) is 0.167. The van der Waals surface area contributed by atoms with Crippen LogP contribution in [0.4, 0.5) is 0 Å². The Morgan fingerprint density at radius 3 is 2.53 bits per heavy atom. The standard InChI is InChI=1S/C12H13NO4/c1-9(12(15)16)13-17-8-7-11(14)10-5-3-2-4-6-10/h2-6H,7-8H2,1H3,(H,15,16). The van der Waals surface area contributed by atoms with E-state index in [9.17, 15) is 9.59 Å². The molecule has 90 valence electrons. The number of aliphatic carboxylic acids is 1. The first-order chi connectivity index (χ1) is 8.11. The molecule has 0 unspecified atom stereocenters. The number of carboxylic acids is 1. The van der Waals surface area contributed by atoms with Gasteiger partial charge in [-0.1, -0.05) is 35.5 Å². The summed E-state index contributed by atoms with van der Waals surface area (Å²) in [7, 11) is 0. The van der Waals surface area contributed by atoms with Gasteiger partial charge in [-0.05, 0) is 6.92 Å². The fourth-order valence-electron chi connectivity index (χ4n) is 1.09. The monoisotopic (exact) mass is 235 g/mol. The minimum absolute atomic E-state index is 0.0613. The molecule has 0 radical (unpaired) electrons. The fourth-order valence-corrected chi connectivity index (χ4v) is 1.09. The van der Waals surface area contributed by atoms with Crippen LogP contribution in [-0.2, 0) is 9.63 Å². The fraction of sp³-hybridized carbons (Fsp3) is 0.250. The first-order valence-electron chi connectivity index (χ1n) is 5.09. The highest BCUT2D eigenvalue weighted by Crippen LogP contribution is 2.02. The lowest BCUT2D eigenvalue weighted by Crippen LogP contribution is -2.09. The molecule has 1 aromatic rings. The van der Waals surface area contributed by atoms with Crippen molar-refractivity contribution in [2.24, 2.45) is 5.16 Å². The Morgan fingerprint density at radius 2 is 1.94 bits per heavy atom. The zero-order valence-electron chi connectivity index (χ0n) is 9.42. The van der Waals surface area contributed by atoms with Crippen LogP contribution in [0.1, 0.15) is 23.7 Å². The second-order valence-electron chi connectivity index (χ2n) is 3.35. The number of oxime groups is 1. The lowest BCUT2D eigenvalue weighted by Gasteiger charge is -2.00. The van der Waals surface area contributed by atoms with Crippen LogP contribution < -0.4 is 0 Å². The lowest BCUT2D eigenvalue weighted by molar-refractivity contribution is -0.129. The number of rotatable bonds is 6. The van der Waals surface area contributed by atoms with Crippen molar-refractivity contribution in [2.75, 3.05) is 6.61 Å². The topological polar surface area (TPSA) is 76.0 Å². The summed E-state index contributed by atoms with van der Waals surface area (Å²) in [4.78, 5) is 26.7.